The summed E-state index contributed by atoms with van der Waals surface area (Å²) in [6.07, 6.45) is 1.91. The van der Waals surface area contributed by atoms with Crippen LogP contribution in [0.1, 0.15) is 12.8 Å². The van der Waals surface area contributed by atoms with Crippen LogP contribution in [0.3, 0.4) is 0 Å². The Morgan fingerprint density at radius 3 is 2.24 bits per heavy atom. The Morgan fingerprint density at radius 1 is 0.793 bits per heavy atom. The first-order valence-corrected chi connectivity index (χ1v) is 9.66. The Kier molecular flexibility index (Phi) is 5.56. The van der Waals surface area contributed by atoms with Gasteiger partial charge in [-0.05, 0) is 48.2 Å². The summed E-state index contributed by atoms with van der Waals surface area (Å²) in [7, 11) is 0. The fourth-order valence-corrected chi connectivity index (χ4v) is 2.98. The number of amides is 2. The molecule has 1 aliphatic carbocycles. The Labute approximate surface area is 169 Å². The molecule has 0 spiro atoms. The molecule has 0 unspecified atom stereocenters. The third-order valence-corrected chi connectivity index (χ3v) is 4.70. The molecule has 0 aliphatic heterocycles. The van der Waals surface area contributed by atoms with Crippen LogP contribution in [0.15, 0.2) is 78.9 Å². The van der Waals surface area contributed by atoms with Crippen LogP contribution in [0, 0.1) is 5.92 Å². The molecule has 3 aromatic carbocycles. The highest BCUT2D eigenvalue weighted by Gasteiger charge is 2.29. The first-order valence-electron chi connectivity index (χ1n) is 9.66. The van der Waals surface area contributed by atoms with Crippen LogP contribution < -0.4 is 15.4 Å². The van der Waals surface area contributed by atoms with Crippen molar-refractivity contribution >= 4 is 23.2 Å². The zero-order valence-electron chi connectivity index (χ0n) is 15.9. The molecule has 146 valence electrons. The van der Waals surface area contributed by atoms with E-state index in [0.717, 1.165) is 24.0 Å². The van der Waals surface area contributed by atoms with Crippen molar-refractivity contribution in [2.75, 3.05) is 17.2 Å². The Bertz CT molecular complexity index is 996. The van der Waals surface area contributed by atoms with Crippen molar-refractivity contribution in [3.63, 3.8) is 0 Å². The summed E-state index contributed by atoms with van der Waals surface area (Å²) in [5.74, 6) is 0.468. The summed E-state index contributed by atoms with van der Waals surface area (Å²) in [6.45, 7) is -0.111. The quantitative estimate of drug-likeness (QED) is 0.617. The van der Waals surface area contributed by atoms with Crippen LogP contribution >= 0.6 is 0 Å². The van der Waals surface area contributed by atoms with Crippen molar-refractivity contribution in [2.24, 2.45) is 5.92 Å². The van der Waals surface area contributed by atoms with E-state index in [1.807, 2.05) is 60.7 Å². The van der Waals surface area contributed by atoms with Gasteiger partial charge in [-0.1, -0.05) is 48.5 Å². The molecule has 0 aromatic heterocycles. The summed E-state index contributed by atoms with van der Waals surface area (Å²) < 4.78 is 5.57. The molecule has 1 fully saturated rings. The zero-order valence-corrected chi connectivity index (χ0v) is 15.9. The lowest BCUT2D eigenvalue weighted by molar-refractivity contribution is -0.118. The van der Waals surface area contributed by atoms with Gasteiger partial charge in [0.2, 0.25) is 5.91 Å². The Morgan fingerprint density at radius 2 is 1.52 bits per heavy atom. The molecule has 0 atom stereocenters. The van der Waals surface area contributed by atoms with E-state index in [0.29, 0.717) is 17.1 Å². The largest absolute Gasteiger partial charge is 0.484 e. The van der Waals surface area contributed by atoms with E-state index >= 15 is 0 Å². The summed E-state index contributed by atoms with van der Waals surface area (Å²) in [4.78, 5) is 24.0. The first-order chi connectivity index (χ1) is 14.2. The van der Waals surface area contributed by atoms with E-state index < -0.39 is 0 Å². The van der Waals surface area contributed by atoms with Crippen molar-refractivity contribution in [1.82, 2.24) is 0 Å². The minimum Gasteiger partial charge on any atom is -0.484 e. The van der Waals surface area contributed by atoms with E-state index in [1.165, 1.54) is 0 Å². The first kappa shape index (κ1) is 18.7. The number of anilines is 2. The fourth-order valence-electron chi connectivity index (χ4n) is 2.98. The SMILES string of the molecule is O=C(COc1cccc(NC(=O)C2CC2)c1)Nc1ccc(-c2ccccc2)cc1. The van der Waals surface area contributed by atoms with Gasteiger partial charge < -0.3 is 15.4 Å². The van der Waals surface area contributed by atoms with Crippen LogP contribution in [-0.2, 0) is 9.59 Å². The number of hydrogen-bond donors (Lipinski definition) is 2. The molecule has 0 radical (unpaired) electrons. The number of benzene rings is 3. The molecule has 5 nitrogen and oxygen atoms in total. The van der Waals surface area contributed by atoms with E-state index in [4.69, 9.17) is 4.74 Å². The standard InChI is InChI=1S/C24H22N2O3/c27-23(25-20-13-11-18(12-14-20)17-5-2-1-3-6-17)16-29-22-8-4-7-21(15-22)26-24(28)19-9-10-19/h1-8,11-15,19H,9-10,16H2,(H,25,27)(H,26,28). The molecular formula is C24H22N2O3. The number of carbonyl (C=O) groups is 2. The number of rotatable bonds is 7. The molecule has 2 amide bonds. The topological polar surface area (TPSA) is 67.4 Å². The molecule has 5 heteroatoms. The second kappa shape index (κ2) is 8.61. The molecule has 0 saturated heterocycles. The summed E-state index contributed by atoms with van der Waals surface area (Å²) >= 11 is 0. The highest BCUT2D eigenvalue weighted by atomic mass is 16.5. The zero-order chi connectivity index (χ0) is 20.1. The average molecular weight is 386 g/mol. The predicted molar refractivity (Wildman–Crippen MR) is 114 cm³/mol. The van der Waals surface area contributed by atoms with Crippen LogP contribution in [0.5, 0.6) is 5.75 Å². The van der Waals surface area contributed by atoms with Crippen molar-refractivity contribution < 1.29 is 14.3 Å². The van der Waals surface area contributed by atoms with Gasteiger partial charge in [-0.15, -0.1) is 0 Å². The molecule has 4 rings (SSSR count). The maximum absolute atomic E-state index is 12.2. The van der Waals surface area contributed by atoms with Gasteiger partial charge in [0.1, 0.15) is 5.75 Å². The third-order valence-electron chi connectivity index (χ3n) is 4.70. The molecule has 1 aliphatic rings. The monoisotopic (exact) mass is 386 g/mol. The third kappa shape index (κ3) is 5.23. The molecule has 0 bridgehead atoms. The fraction of sp³-hybridized carbons (Fsp3) is 0.167. The maximum atomic E-state index is 12.2. The van der Waals surface area contributed by atoms with Crippen molar-refractivity contribution in [3.05, 3.63) is 78.9 Å². The second-order valence-corrected chi connectivity index (χ2v) is 7.07. The molecule has 29 heavy (non-hydrogen) atoms. The van der Waals surface area contributed by atoms with Crippen LogP contribution in [0.2, 0.25) is 0 Å². The van der Waals surface area contributed by atoms with Gasteiger partial charge in [0.05, 0.1) is 0 Å². The lowest BCUT2D eigenvalue weighted by Gasteiger charge is -2.10. The maximum Gasteiger partial charge on any atom is 0.262 e. The lowest BCUT2D eigenvalue weighted by Crippen LogP contribution is -2.20. The van der Waals surface area contributed by atoms with Crippen molar-refractivity contribution in [1.29, 1.82) is 0 Å². The molecule has 1 saturated carbocycles. The lowest BCUT2D eigenvalue weighted by atomic mass is 10.1. The smallest absolute Gasteiger partial charge is 0.262 e. The average Bonchev–Trinajstić information content (AvgIpc) is 3.59. The Hall–Kier alpha value is -3.60. The summed E-state index contributed by atoms with van der Waals surface area (Å²) in [5, 5.41) is 5.70. The van der Waals surface area contributed by atoms with Gasteiger partial charge in [0, 0.05) is 23.4 Å². The highest BCUT2D eigenvalue weighted by molar-refractivity contribution is 5.94. The molecule has 3 aromatic rings. The summed E-state index contributed by atoms with van der Waals surface area (Å²) in [6, 6.07) is 24.8. The minimum atomic E-state index is -0.245. The predicted octanol–water partition coefficient (Wildman–Crippen LogP) is 4.72. The molecule has 2 N–H and O–H groups in total. The molecular weight excluding hydrogens is 364 g/mol. The normalized spacial score (nSPS) is 12.8. The second-order valence-electron chi connectivity index (χ2n) is 7.07. The van der Waals surface area contributed by atoms with Gasteiger partial charge in [0.25, 0.3) is 5.91 Å². The molecule has 0 heterocycles. The van der Waals surface area contributed by atoms with Crippen molar-refractivity contribution in [3.8, 4) is 16.9 Å². The highest BCUT2D eigenvalue weighted by Crippen LogP contribution is 2.30. The van der Waals surface area contributed by atoms with Crippen LogP contribution in [-0.4, -0.2) is 18.4 Å². The van der Waals surface area contributed by atoms with Gasteiger partial charge in [-0.3, -0.25) is 9.59 Å². The van der Waals surface area contributed by atoms with Crippen LogP contribution in [0.25, 0.3) is 11.1 Å². The Balaban J connectivity index is 1.29. The number of hydrogen-bond acceptors (Lipinski definition) is 3. The van der Waals surface area contributed by atoms with E-state index in [2.05, 4.69) is 10.6 Å². The summed E-state index contributed by atoms with van der Waals surface area (Å²) in [5.41, 5.74) is 3.60. The van der Waals surface area contributed by atoms with Gasteiger partial charge in [0.15, 0.2) is 6.61 Å². The van der Waals surface area contributed by atoms with E-state index in [1.54, 1.807) is 18.2 Å². The van der Waals surface area contributed by atoms with E-state index in [-0.39, 0.29) is 24.3 Å². The number of nitrogens with one attached hydrogen (secondary N) is 2. The van der Waals surface area contributed by atoms with Gasteiger partial charge in [-0.25, -0.2) is 0 Å². The van der Waals surface area contributed by atoms with Gasteiger partial charge in [-0.2, -0.15) is 0 Å². The minimum absolute atomic E-state index is 0.0406. The van der Waals surface area contributed by atoms with Crippen LogP contribution in [0.4, 0.5) is 11.4 Å². The van der Waals surface area contributed by atoms with Gasteiger partial charge >= 0.3 is 0 Å². The van der Waals surface area contributed by atoms with Crippen molar-refractivity contribution in [2.45, 2.75) is 12.8 Å². The van der Waals surface area contributed by atoms with E-state index in [9.17, 15) is 9.59 Å². The number of carbonyl (C=O) groups excluding carboxylic acids is 2. The number of ether oxygens (including phenoxy) is 1.